The second kappa shape index (κ2) is 7.09. The van der Waals surface area contributed by atoms with Crippen molar-refractivity contribution in [1.82, 2.24) is 10.1 Å². The molecule has 0 aliphatic carbocycles. The summed E-state index contributed by atoms with van der Waals surface area (Å²) < 4.78 is 41.5. The summed E-state index contributed by atoms with van der Waals surface area (Å²) in [6.07, 6.45) is -4.41. The molecule has 124 valence electrons. The quantitative estimate of drug-likeness (QED) is 0.609. The van der Waals surface area contributed by atoms with Gasteiger partial charge in [-0.05, 0) is 23.3 Å². The highest BCUT2D eigenvalue weighted by molar-refractivity contribution is 7.98. The molecule has 0 fully saturated rings. The molecule has 0 saturated carbocycles. The molecule has 7 heteroatoms. The average molecular weight is 350 g/mol. The minimum Gasteiger partial charge on any atom is -0.329 e. The lowest BCUT2D eigenvalue weighted by atomic mass is 10.1. The van der Waals surface area contributed by atoms with E-state index in [1.165, 1.54) is 4.90 Å². The van der Waals surface area contributed by atoms with Gasteiger partial charge in [0.2, 0.25) is 0 Å². The Bertz CT molecular complexity index is 786. The Hall–Kier alpha value is -2.28. The first kappa shape index (κ1) is 16.6. The van der Waals surface area contributed by atoms with E-state index in [9.17, 15) is 13.2 Å². The molecule has 0 unspecified atom stereocenters. The third-order valence-corrected chi connectivity index (χ3v) is 4.33. The van der Waals surface area contributed by atoms with E-state index >= 15 is 0 Å². The van der Waals surface area contributed by atoms with Crippen LogP contribution in [0.5, 0.6) is 0 Å². The molecule has 1 aromatic heterocycles. The van der Waals surface area contributed by atoms with Crippen molar-refractivity contribution in [1.29, 1.82) is 0 Å². The smallest absolute Gasteiger partial charge is 0.329 e. The van der Waals surface area contributed by atoms with Crippen molar-refractivity contribution in [3.8, 4) is 0 Å². The number of halogens is 3. The zero-order valence-corrected chi connectivity index (χ0v) is 13.3. The van der Waals surface area contributed by atoms with Gasteiger partial charge >= 0.3 is 12.1 Å². The number of hydrogen-bond donors (Lipinski definition) is 0. The standard InChI is InChI=1S/C17H13F3N2OS/c18-17(19,20)16-21-15(22-23-16)10-12-6-8-13(9-7-12)11-24-14-4-2-1-3-5-14/h1-9H,10-11H2. The van der Waals surface area contributed by atoms with Crippen molar-refractivity contribution in [2.75, 3.05) is 0 Å². The molecule has 0 aliphatic rings. The van der Waals surface area contributed by atoms with E-state index in [0.29, 0.717) is 0 Å². The summed E-state index contributed by atoms with van der Waals surface area (Å²) in [5, 5.41) is 3.37. The monoisotopic (exact) mass is 350 g/mol. The van der Waals surface area contributed by atoms with Gasteiger partial charge in [-0.1, -0.05) is 47.6 Å². The number of alkyl halides is 3. The van der Waals surface area contributed by atoms with Crippen molar-refractivity contribution in [3.63, 3.8) is 0 Å². The first-order chi connectivity index (χ1) is 11.5. The van der Waals surface area contributed by atoms with E-state index in [4.69, 9.17) is 0 Å². The van der Waals surface area contributed by atoms with Crippen LogP contribution in [0.2, 0.25) is 0 Å². The Morgan fingerprint density at radius 2 is 1.58 bits per heavy atom. The number of nitrogens with zero attached hydrogens (tertiary/aromatic N) is 2. The lowest BCUT2D eigenvalue weighted by molar-refractivity contribution is -0.159. The van der Waals surface area contributed by atoms with Gasteiger partial charge in [-0.25, -0.2) is 0 Å². The zero-order chi connectivity index (χ0) is 17.0. The minimum atomic E-state index is -4.61. The number of aromatic nitrogens is 2. The summed E-state index contributed by atoms with van der Waals surface area (Å²) in [7, 11) is 0. The van der Waals surface area contributed by atoms with E-state index in [-0.39, 0.29) is 12.2 Å². The molecular formula is C17H13F3N2OS. The van der Waals surface area contributed by atoms with Gasteiger partial charge in [-0.2, -0.15) is 18.2 Å². The van der Waals surface area contributed by atoms with Crippen LogP contribution in [0.3, 0.4) is 0 Å². The molecule has 0 atom stereocenters. The molecule has 0 amide bonds. The van der Waals surface area contributed by atoms with Gasteiger partial charge in [0.15, 0.2) is 5.82 Å². The number of thioether (sulfide) groups is 1. The first-order valence-electron chi connectivity index (χ1n) is 7.16. The van der Waals surface area contributed by atoms with E-state index in [0.717, 1.165) is 16.9 Å². The lowest BCUT2D eigenvalue weighted by Crippen LogP contribution is -2.05. The molecule has 0 N–H and O–H groups in total. The van der Waals surface area contributed by atoms with Crippen LogP contribution in [0.1, 0.15) is 22.8 Å². The van der Waals surface area contributed by atoms with Gasteiger partial charge in [0.05, 0.1) is 0 Å². The van der Waals surface area contributed by atoms with Crippen LogP contribution in [0.15, 0.2) is 64.0 Å². The van der Waals surface area contributed by atoms with Gasteiger partial charge in [0.25, 0.3) is 0 Å². The molecule has 24 heavy (non-hydrogen) atoms. The summed E-state index contributed by atoms with van der Waals surface area (Å²) in [4.78, 5) is 4.56. The van der Waals surface area contributed by atoms with E-state index < -0.39 is 12.1 Å². The maximum absolute atomic E-state index is 12.4. The molecule has 3 rings (SSSR count). The third kappa shape index (κ3) is 4.38. The van der Waals surface area contributed by atoms with Gasteiger partial charge in [0, 0.05) is 17.1 Å². The van der Waals surface area contributed by atoms with Crippen molar-refractivity contribution in [2.45, 2.75) is 23.2 Å². The Balaban J connectivity index is 1.59. The van der Waals surface area contributed by atoms with E-state index in [2.05, 4.69) is 14.7 Å². The predicted octanol–water partition coefficient (Wildman–Crippen LogP) is 4.97. The molecule has 3 aromatic rings. The van der Waals surface area contributed by atoms with Crippen molar-refractivity contribution < 1.29 is 17.7 Å². The summed E-state index contributed by atoms with van der Waals surface area (Å²) in [6.45, 7) is 0. The van der Waals surface area contributed by atoms with Gasteiger partial charge in [-0.15, -0.1) is 11.8 Å². The second-order valence-electron chi connectivity index (χ2n) is 5.11. The van der Waals surface area contributed by atoms with Gasteiger partial charge in [0.1, 0.15) is 0 Å². The number of rotatable bonds is 5. The van der Waals surface area contributed by atoms with Crippen LogP contribution < -0.4 is 0 Å². The van der Waals surface area contributed by atoms with Crippen LogP contribution >= 0.6 is 11.8 Å². The summed E-state index contributed by atoms with van der Waals surface area (Å²) >= 11 is 1.72. The molecular weight excluding hydrogens is 337 g/mol. The maximum Gasteiger partial charge on any atom is 0.471 e. The number of hydrogen-bond acceptors (Lipinski definition) is 4. The second-order valence-corrected chi connectivity index (χ2v) is 6.16. The molecule has 0 bridgehead atoms. The maximum atomic E-state index is 12.4. The molecule has 1 heterocycles. The molecule has 0 aliphatic heterocycles. The fourth-order valence-corrected chi connectivity index (χ4v) is 2.94. The van der Waals surface area contributed by atoms with Crippen LogP contribution in [-0.2, 0) is 18.3 Å². The van der Waals surface area contributed by atoms with Crippen LogP contribution in [0.25, 0.3) is 0 Å². The average Bonchev–Trinajstić information content (AvgIpc) is 3.04. The highest BCUT2D eigenvalue weighted by Crippen LogP contribution is 2.27. The molecule has 0 radical (unpaired) electrons. The highest BCUT2D eigenvalue weighted by atomic mass is 32.2. The fourth-order valence-electron chi connectivity index (χ4n) is 2.06. The Morgan fingerprint density at radius 1 is 0.917 bits per heavy atom. The number of benzene rings is 2. The first-order valence-corrected chi connectivity index (χ1v) is 8.15. The molecule has 0 saturated heterocycles. The summed E-state index contributed by atoms with van der Waals surface area (Å²) in [6, 6.07) is 17.7. The van der Waals surface area contributed by atoms with Crippen molar-refractivity contribution in [2.24, 2.45) is 0 Å². The molecule has 2 aromatic carbocycles. The minimum absolute atomic E-state index is 0.0220. The zero-order valence-electron chi connectivity index (χ0n) is 12.5. The van der Waals surface area contributed by atoms with Gasteiger partial charge in [-0.3, -0.25) is 0 Å². The predicted molar refractivity (Wildman–Crippen MR) is 84.6 cm³/mol. The highest BCUT2D eigenvalue weighted by Gasteiger charge is 2.38. The molecule has 0 spiro atoms. The van der Waals surface area contributed by atoms with Crippen molar-refractivity contribution in [3.05, 3.63) is 77.4 Å². The Labute approximate surface area is 140 Å². The summed E-state index contributed by atoms with van der Waals surface area (Å²) in [5.41, 5.74) is 1.97. The van der Waals surface area contributed by atoms with Crippen LogP contribution in [-0.4, -0.2) is 10.1 Å². The summed E-state index contributed by atoms with van der Waals surface area (Å²) in [5.74, 6) is -0.466. The van der Waals surface area contributed by atoms with Gasteiger partial charge < -0.3 is 4.52 Å². The van der Waals surface area contributed by atoms with Crippen LogP contribution in [0, 0.1) is 0 Å². The van der Waals surface area contributed by atoms with E-state index in [1.54, 1.807) is 11.8 Å². The SMILES string of the molecule is FC(F)(F)c1nc(Cc2ccc(CSc3ccccc3)cc2)no1. The van der Waals surface area contributed by atoms with E-state index in [1.807, 2.05) is 54.6 Å². The third-order valence-electron chi connectivity index (χ3n) is 3.24. The largest absolute Gasteiger partial charge is 0.471 e. The lowest BCUT2D eigenvalue weighted by Gasteiger charge is -2.03. The molecule has 3 nitrogen and oxygen atoms in total. The normalized spacial score (nSPS) is 11.6. The fraction of sp³-hybridized carbons (Fsp3) is 0.176. The Morgan fingerprint density at radius 3 is 2.21 bits per heavy atom. The topological polar surface area (TPSA) is 38.9 Å². The van der Waals surface area contributed by atoms with Crippen LogP contribution in [0.4, 0.5) is 13.2 Å². The Kier molecular flexibility index (Phi) is 4.89. The van der Waals surface area contributed by atoms with Crippen molar-refractivity contribution >= 4 is 11.8 Å².